The first-order valence-electron chi connectivity index (χ1n) is 4.78. The Bertz CT molecular complexity index is 548. The fourth-order valence-corrected chi connectivity index (χ4v) is 2.11. The largest absolute Gasteiger partial charge is 0.437 e. The molecule has 2 aromatic heterocycles. The summed E-state index contributed by atoms with van der Waals surface area (Å²) >= 11 is 1.35. The first-order chi connectivity index (χ1) is 8.08. The zero-order chi connectivity index (χ0) is 12.4. The lowest BCUT2D eigenvalue weighted by Crippen LogP contribution is -2.00. The summed E-state index contributed by atoms with van der Waals surface area (Å²) in [5, 5.41) is 11.2. The van der Waals surface area contributed by atoms with Crippen LogP contribution in [0.3, 0.4) is 0 Å². The minimum Gasteiger partial charge on any atom is -0.437 e. The number of aromatic nitrogens is 3. The third kappa shape index (κ3) is 2.47. The van der Waals surface area contributed by atoms with Crippen molar-refractivity contribution in [1.82, 2.24) is 14.5 Å². The van der Waals surface area contributed by atoms with E-state index in [1.165, 1.54) is 22.5 Å². The van der Waals surface area contributed by atoms with E-state index in [-0.39, 0.29) is 5.82 Å². The zero-order valence-electron chi connectivity index (χ0n) is 9.28. The van der Waals surface area contributed by atoms with Gasteiger partial charge in [-0.2, -0.15) is 0 Å². The number of nitrogens with zero attached hydrogens (tertiary/aromatic N) is 4. The topological polar surface area (TPSA) is 87.0 Å². The lowest BCUT2D eigenvalue weighted by atomic mass is 10.6. The van der Waals surface area contributed by atoms with Gasteiger partial charge in [-0.25, -0.2) is 14.5 Å². The van der Waals surface area contributed by atoms with Crippen LogP contribution < -0.4 is 0 Å². The van der Waals surface area contributed by atoms with Crippen LogP contribution in [0.1, 0.15) is 11.6 Å². The molecule has 0 aliphatic rings. The molecule has 0 saturated heterocycles. The highest BCUT2D eigenvalue weighted by molar-refractivity contribution is 7.98. The Morgan fingerprint density at radius 1 is 1.53 bits per heavy atom. The standard InChI is InChI=1S/C9H10N4O3S/c1-6-3-11-9(16-6)17-5-7-10-4-8(12(7)2)13(14)15/h3-4H,5H2,1-2H3. The molecule has 0 amide bonds. The Kier molecular flexibility index (Phi) is 3.14. The molecule has 0 fully saturated rings. The van der Waals surface area contributed by atoms with Gasteiger partial charge in [0.05, 0.1) is 19.0 Å². The molecule has 90 valence electrons. The number of nitro groups is 1. The van der Waals surface area contributed by atoms with E-state index in [1.807, 2.05) is 6.92 Å². The highest BCUT2D eigenvalue weighted by atomic mass is 32.2. The number of aryl methyl sites for hydroxylation is 1. The quantitative estimate of drug-likeness (QED) is 0.470. The molecular weight excluding hydrogens is 244 g/mol. The molecule has 2 rings (SSSR count). The SMILES string of the molecule is Cc1cnc(SCc2ncc([N+](=O)[O-])n2C)o1. The lowest BCUT2D eigenvalue weighted by molar-refractivity contribution is -0.391. The minimum atomic E-state index is -0.462. The van der Waals surface area contributed by atoms with Gasteiger partial charge in [0, 0.05) is 0 Å². The number of thioether (sulfide) groups is 1. The summed E-state index contributed by atoms with van der Waals surface area (Å²) in [7, 11) is 1.61. The van der Waals surface area contributed by atoms with E-state index in [9.17, 15) is 10.1 Å². The molecule has 0 saturated carbocycles. The second kappa shape index (κ2) is 4.58. The van der Waals surface area contributed by atoms with Crippen LogP contribution in [0.4, 0.5) is 5.82 Å². The minimum absolute atomic E-state index is 0.0239. The van der Waals surface area contributed by atoms with Crippen molar-refractivity contribution in [2.45, 2.75) is 17.9 Å². The molecule has 0 spiro atoms. The van der Waals surface area contributed by atoms with Gasteiger partial charge in [0.2, 0.25) is 5.82 Å². The number of rotatable bonds is 4. The van der Waals surface area contributed by atoms with Crippen molar-refractivity contribution in [3.8, 4) is 0 Å². The van der Waals surface area contributed by atoms with Crippen molar-refractivity contribution < 1.29 is 9.34 Å². The summed E-state index contributed by atoms with van der Waals surface area (Å²) in [5.41, 5.74) is 0. The van der Waals surface area contributed by atoms with Crippen molar-refractivity contribution in [3.63, 3.8) is 0 Å². The Hall–Kier alpha value is -1.83. The van der Waals surface area contributed by atoms with Gasteiger partial charge >= 0.3 is 5.82 Å². The maximum Gasteiger partial charge on any atom is 0.342 e. The highest BCUT2D eigenvalue weighted by Crippen LogP contribution is 2.23. The van der Waals surface area contributed by atoms with Crippen LogP contribution in [0.25, 0.3) is 0 Å². The van der Waals surface area contributed by atoms with E-state index in [2.05, 4.69) is 9.97 Å². The van der Waals surface area contributed by atoms with Crippen LogP contribution in [-0.4, -0.2) is 19.5 Å². The summed E-state index contributed by atoms with van der Waals surface area (Å²) in [6.45, 7) is 1.81. The summed E-state index contributed by atoms with van der Waals surface area (Å²) in [6.07, 6.45) is 2.87. The molecule has 0 atom stereocenters. The first-order valence-corrected chi connectivity index (χ1v) is 5.76. The van der Waals surface area contributed by atoms with Gasteiger partial charge in [-0.05, 0) is 11.8 Å². The van der Waals surface area contributed by atoms with E-state index < -0.39 is 4.92 Å². The van der Waals surface area contributed by atoms with Crippen LogP contribution in [0, 0.1) is 17.0 Å². The van der Waals surface area contributed by atoms with Gasteiger partial charge in [0.1, 0.15) is 12.0 Å². The van der Waals surface area contributed by atoms with Gasteiger partial charge < -0.3 is 14.5 Å². The van der Waals surface area contributed by atoms with Gasteiger partial charge in [0.25, 0.3) is 5.22 Å². The van der Waals surface area contributed by atoms with E-state index in [0.717, 1.165) is 5.76 Å². The van der Waals surface area contributed by atoms with Gasteiger partial charge in [-0.1, -0.05) is 11.8 Å². The van der Waals surface area contributed by atoms with Crippen LogP contribution in [0.2, 0.25) is 0 Å². The predicted octanol–water partition coefficient (Wildman–Crippen LogP) is 1.92. The maximum absolute atomic E-state index is 10.6. The molecule has 0 unspecified atom stereocenters. The van der Waals surface area contributed by atoms with E-state index >= 15 is 0 Å². The van der Waals surface area contributed by atoms with Crippen LogP contribution in [-0.2, 0) is 12.8 Å². The number of imidazole rings is 1. The van der Waals surface area contributed by atoms with Crippen molar-refractivity contribution >= 4 is 17.6 Å². The van der Waals surface area contributed by atoms with Crippen molar-refractivity contribution in [3.05, 3.63) is 34.1 Å². The summed E-state index contributed by atoms with van der Waals surface area (Å²) in [6, 6.07) is 0. The Morgan fingerprint density at radius 2 is 2.29 bits per heavy atom. The molecule has 0 aliphatic carbocycles. The molecule has 17 heavy (non-hydrogen) atoms. The van der Waals surface area contributed by atoms with E-state index in [0.29, 0.717) is 16.8 Å². The molecule has 7 nitrogen and oxygen atoms in total. The molecule has 0 N–H and O–H groups in total. The van der Waals surface area contributed by atoms with E-state index in [4.69, 9.17) is 4.42 Å². The second-order valence-electron chi connectivity index (χ2n) is 3.37. The van der Waals surface area contributed by atoms with Crippen LogP contribution in [0.15, 0.2) is 22.0 Å². The lowest BCUT2D eigenvalue weighted by Gasteiger charge is -1.96. The number of hydrogen-bond donors (Lipinski definition) is 0. The van der Waals surface area contributed by atoms with Gasteiger partial charge in [-0.15, -0.1) is 0 Å². The zero-order valence-corrected chi connectivity index (χ0v) is 10.1. The normalized spacial score (nSPS) is 10.7. The van der Waals surface area contributed by atoms with Gasteiger partial charge in [-0.3, -0.25) is 0 Å². The third-order valence-electron chi connectivity index (χ3n) is 2.17. The number of oxazole rings is 1. The number of hydrogen-bond acceptors (Lipinski definition) is 6. The Balaban J connectivity index is 2.07. The molecule has 0 radical (unpaired) electrons. The molecule has 2 heterocycles. The fraction of sp³-hybridized carbons (Fsp3) is 0.333. The summed E-state index contributed by atoms with van der Waals surface area (Å²) < 4.78 is 6.73. The van der Waals surface area contributed by atoms with Crippen LogP contribution in [0.5, 0.6) is 0 Å². The third-order valence-corrected chi connectivity index (χ3v) is 3.01. The Labute approximate surface area is 101 Å². The summed E-state index contributed by atoms with van der Waals surface area (Å²) in [5.74, 6) is 1.80. The fourth-order valence-electron chi connectivity index (χ4n) is 1.27. The van der Waals surface area contributed by atoms with Crippen molar-refractivity contribution in [2.24, 2.45) is 7.05 Å². The molecule has 0 aromatic carbocycles. The molecule has 2 aromatic rings. The predicted molar refractivity (Wildman–Crippen MR) is 60.7 cm³/mol. The molecular formula is C9H10N4O3S. The molecule has 0 bridgehead atoms. The Morgan fingerprint density at radius 3 is 2.82 bits per heavy atom. The molecule has 0 aliphatic heterocycles. The van der Waals surface area contributed by atoms with Gasteiger partial charge in [0.15, 0.2) is 0 Å². The average Bonchev–Trinajstić information content (AvgIpc) is 2.82. The second-order valence-corrected chi connectivity index (χ2v) is 4.30. The summed E-state index contributed by atoms with van der Waals surface area (Å²) in [4.78, 5) is 18.2. The van der Waals surface area contributed by atoms with Crippen LogP contribution >= 0.6 is 11.8 Å². The first kappa shape index (κ1) is 11.6. The molecule has 8 heteroatoms. The van der Waals surface area contributed by atoms with Crippen molar-refractivity contribution in [1.29, 1.82) is 0 Å². The highest BCUT2D eigenvalue weighted by Gasteiger charge is 2.17. The smallest absolute Gasteiger partial charge is 0.342 e. The maximum atomic E-state index is 10.6. The average molecular weight is 254 g/mol. The van der Waals surface area contributed by atoms with E-state index in [1.54, 1.807) is 13.2 Å². The van der Waals surface area contributed by atoms with Crippen molar-refractivity contribution in [2.75, 3.05) is 0 Å². The monoisotopic (exact) mass is 254 g/mol.